The van der Waals surface area contributed by atoms with Crippen molar-refractivity contribution in [3.05, 3.63) is 36.4 Å². The van der Waals surface area contributed by atoms with Crippen molar-refractivity contribution < 1.29 is 37.3 Å². The quantitative estimate of drug-likeness (QED) is 0.684. The lowest BCUT2D eigenvalue weighted by Crippen LogP contribution is -2.28. The van der Waals surface area contributed by atoms with Crippen molar-refractivity contribution in [2.24, 2.45) is 5.92 Å². The van der Waals surface area contributed by atoms with Crippen molar-refractivity contribution >= 4 is 23.2 Å². The SMILES string of the molecule is COc1ccc(N2C[C@H](C(=O)Nc3ccc(OC)c(OC(F)F)c3)CC2=O)c(OC)c1. The van der Waals surface area contributed by atoms with E-state index >= 15 is 0 Å². The van der Waals surface area contributed by atoms with Crippen LogP contribution in [0.2, 0.25) is 0 Å². The van der Waals surface area contributed by atoms with Crippen LogP contribution in [0.25, 0.3) is 0 Å². The molecule has 1 heterocycles. The molecule has 0 spiro atoms. The van der Waals surface area contributed by atoms with Gasteiger partial charge in [-0.15, -0.1) is 0 Å². The largest absolute Gasteiger partial charge is 0.497 e. The first kappa shape index (κ1) is 22.1. The van der Waals surface area contributed by atoms with Crippen LogP contribution in [-0.4, -0.2) is 46.3 Å². The Bertz CT molecular complexity index is 969. The Balaban J connectivity index is 1.74. The Morgan fingerprint density at radius 3 is 2.42 bits per heavy atom. The second-order valence-electron chi connectivity index (χ2n) is 6.68. The highest BCUT2D eigenvalue weighted by Gasteiger charge is 2.36. The third kappa shape index (κ3) is 4.96. The van der Waals surface area contributed by atoms with E-state index in [2.05, 4.69) is 10.1 Å². The minimum Gasteiger partial charge on any atom is -0.497 e. The summed E-state index contributed by atoms with van der Waals surface area (Å²) < 4.78 is 45.1. The van der Waals surface area contributed by atoms with Gasteiger partial charge in [0.25, 0.3) is 0 Å². The van der Waals surface area contributed by atoms with Gasteiger partial charge in [0.05, 0.1) is 32.9 Å². The molecule has 0 saturated carbocycles. The number of carbonyl (C=O) groups excluding carboxylic acids is 2. The number of benzene rings is 2. The fourth-order valence-electron chi connectivity index (χ4n) is 3.31. The zero-order chi connectivity index (χ0) is 22.5. The second-order valence-corrected chi connectivity index (χ2v) is 6.68. The second kappa shape index (κ2) is 9.50. The topological polar surface area (TPSA) is 86.3 Å². The molecule has 3 rings (SSSR count). The van der Waals surface area contributed by atoms with E-state index in [0.717, 1.165) is 0 Å². The molecule has 0 aromatic heterocycles. The highest BCUT2D eigenvalue weighted by Crippen LogP contribution is 2.36. The molecule has 2 aromatic carbocycles. The summed E-state index contributed by atoms with van der Waals surface area (Å²) >= 11 is 0. The molecule has 1 aliphatic heterocycles. The summed E-state index contributed by atoms with van der Waals surface area (Å²) in [6.07, 6.45) is -0.00242. The zero-order valence-electron chi connectivity index (χ0n) is 17.2. The van der Waals surface area contributed by atoms with Crippen LogP contribution in [0.3, 0.4) is 0 Å². The molecular weight excluding hydrogens is 414 g/mol. The number of rotatable bonds is 8. The molecule has 0 bridgehead atoms. The van der Waals surface area contributed by atoms with Gasteiger partial charge in [-0.25, -0.2) is 0 Å². The molecule has 10 heteroatoms. The van der Waals surface area contributed by atoms with E-state index in [0.29, 0.717) is 17.2 Å². The summed E-state index contributed by atoms with van der Waals surface area (Å²) in [7, 11) is 4.32. The number of halogens is 2. The van der Waals surface area contributed by atoms with Crippen LogP contribution < -0.4 is 29.2 Å². The van der Waals surface area contributed by atoms with E-state index in [1.807, 2.05) is 0 Å². The standard InChI is InChI=1S/C21H22F2N2O6/c1-28-14-5-6-15(17(10-14)30-3)25-11-12(8-19(25)26)20(27)24-13-4-7-16(29-2)18(9-13)31-21(22)23/h4-7,9-10,12,21H,8,11H2,1-3H3,(H,24,27)/t12-/m1/s1. The summed E-state index contributed by atoms with van der Waals surface area (Å²) in [6.45, 7) is -2.90. The molecule has 31 heavy (non-hydrogen) atoms. The van der Waals surface area contributed by atoms with Crippen LogP contribution in [0, 0.1) is 5.92 Å². The lowest BCUT2D eigenvalue weighted by atomic mass is 10.1. The molecule has 0 unspecified atom stereocenters. The van der Waals surface area contributed by atoms with Crippen LogP contribution in [-0.2, 0) is 9.59 Å². The Hall–Kier alpha value is -3.56. The van der Waals surface area contributed by atoms with Gasteiger partial charge in [-0.05, 0) is 24.3 Å². The Kier molecular flexibility index (Phi) is 6.78. The van der Waals surface area contributed by atoms with E-state index in [4.69, 9.17) is 14.2 Å². The first-order chi connectivity index (χ1) is 14.9. The molecule has 2 amide bonds. The van der Waals surface area contributed by atoms with Crippen molar-refractivity contribution in [2.75, 3.05) is 38.1 Å². The predicted molar refractivity (Wildman–Crippen MR) is 108 cm³/mol. The summed E-state index contributed by atoms with van der Waals surface area (Å²) in [6, 6.07) is 9.17. The third-order valence-electron chi connectivity index (χ3n) is 4.82. The minimum atomic E-state index is -3.04. The van der Waals surface area contributed by atoms with E-state index in [9.17, 15) is 18.4 Å². The number of nitrogens with zero attached hydrogens (tertiary/aromatic N) is 1. The normalized spacial score (nSPS) is 15.7. The molecule has 0 radical (unpaired) electrons. The lowest BCUT2D eigenvalue weighted by Gasteiger charge is -2.20. The van der Waals surface area contributed by atoms with Gasteiger partial charge in [0, 0.05) is 30.8 Å². The lowest BCUT2D eigenvalue weighted by molar-refractivity contribution is -0.122. The predicted octanol–water partition coefficient (Wildman–Crippen LogP) is 3.31. The van der Waals surface area contributed by atoms with E-state index in [1.165, 1.54) is 44.4 Å². The number of ether oxygens (including phenoxy) is 4. The van der Waals surface area contributed by atoms with Crippen molar-refractivity contribution in [3.8, 4) is 23.0 Å². The summed E-state index contributed by atoms with van der Waals surface area (Å²) in [5.41, 5.74) is 0.773. The number of alkyl halides is 2. The highest BCUT2D eigenvalue weighted by molar-refractivity contribution is 6.04. The monoisotopic (exact) mass is 436 g/mol. The van der Waals surface area contributed by atoms with E-state index in [1.54, 1.807) is 18.2 Å². The first-order valence-corrected chi connectivity index (χ1v) is 9.32. The van der Waals surface area contributed by atoms with Gasteiger partial charge in [0.15, 0.2) is 11.5 Å². The number of hydrogen-bond donors (Lipinski definition) is 1. The van der Waals surface area contributed by atoms with Crippen LogP contribution in [0.1, 0.15) is 6.42 Å². The molecular formula is C21H22F2N2O6. The number of amides is 2. The number of methoxy groups -OCH3 is 3. The Morgan fingerprint density at radius 2 is 1.77 bits per heavy atom. The number of hydrogen-bond acceptors (Lipinski definition) is 6. The van der Waals surface area contributed by atoms with Gasteiger partial charge in [-0.2, -0.15) is 8.78 Å². The van der Waals surface area contributed by atoms with Gasteiger partial charge in [0.1, 0.15) is 11.5 Å². The molecule has 1 N–H and O–H groups in total. The van der Waals surface area contributed by atoms with Gasteiger partial charge in [-0.3, -0.25) is 9.59 Å². The molecule has 1 atom stereocenters. The number of anilines is 2. The van der Waals surface area contributed by atoms with Crippen LogP contribution in [0.5, 0.6) is 23.0 Å². The Labute approximate surface area is 177 Å². The van der Waals surface area contributed by atoms with E-state index < -0.39 is 18.4 Å². The molecule has 2 aromatic rings. The maximum atomic E-state index is 12.7. The van der Waals surface area contributed by atoms with Gasteiger partial charge < -0.3 is 29.2 Å². The maximum Gasteiger partial charge on any atom is 0.387 e. The van der Waals surface area contributed by atoms with Crippen LogP contribution >= 0.6 is 0 Å². The van der Waals surface area contributed by atoms with Crippen LogP contribution in [0.4, 0.5) is 20.2 Å². The maximum absolute atomic E-state index is 12.7. The fourth-order valence-corrected chi connectivity index (χ4v) is 3.31. The number of nitrogens with one attached hydrogen (secondary N) is 1. The molecule has 1 aliphatic rings. The smallest absolute Gasteiger partial charge is 0.387 e. The molecule has 166 valence electrons. The van der Waals surface area contributed by atoms with E-state index in [-0.39, 0.29) is 36.1 Å². The summed E-state index contributed by atoms with van der Waals surface area (Å²) in [5, 5.41) is 2.64. The zero-order valence-corrected chi connectivity index (χ0v) is 17.2. The third-order valence-corrected chi connectivity index (χ3v) is 4.82. The minimum absolute atomic E-state index is 0.00242. The summed E-state index contributed by atoms with van der Waals surface area (Å²) in [5.74, 6) is -0.382. The average Bonchev–Trinajstić information content (AvgIpc) is 3.14. The molecule has 0 aliphatic carbocycles. The fraction of sp³-hybridized carbons (Fsp3) is 0.333. The molecule has 1 fully saturated rings. The van der Waals surface area contributed by atoms with Crippen molar-refractivity contribution in [2.45, 2.75) is 13.0 Å². The summed E-state index contributed by atoms with van der Waals surface area (Å²) in [4.78, 5) is 26.8. The van der Waals surface area contributed by atoms with Gasteiger partial charge in [0.2, 0.25) is 11.8 Å². The van der Waals surface area contributed by atoms with Gasteiger partial charge in [-0.1, -0.05) is 0 Å². The van der Waals surface area contributed by atoms with Crippen molar-refractivity contribution in [1.29, 1.82) is 0 Å². The van der Waals surface area contributed by atoms with Crippen molar-refractivity contribution in [3.63, 3.8) is 0 Å². The first-order valence-electron chi connectivity index (χ1n) is 9.32. The van der Waals surface area contributed by atoms with Crippen LogP contribution in [0.15, 0.2) is 36.4 Å². The molecule has 8 nitrogen and oxygen atoms in total. The Morgan fingerprint density at radius 1 is 1.03 bits per heavy atom. The highest BCUT2D eigenvalue weighted by atomic mass is 19.3. The molecule has 1 saturated heterocycles. The van der Waals surface area contributed by atoms with Crippen molar-refractivity contribution in [1.82, 2.24) is 0 Å². The number of carbonyl (C=O) groups is 2. The van der Waals surface area contributed by atoms with Gasteiger partial charge >= 0.3 is 6.61 Å². The average molecular weight is 436 g/mol.